The molecule has 0 saturated carbocycles. The van der Waals surface area contributed by atoms with Gasteiger partial charge in [-0.05, 0) is 39.5 Å². The Balaban J connectivity index is 1.49. The number of amides is 2. The zero-order valence-electron chi connectivity index (χ0n) is 23.2. The van der Waals surface area contributed by atoms with Gasteiger partial charge >= 0.3 is 11.9 Å². The van der Waals surface area contributed by atoms with Crippen molar-refractivity contribution >= 4 is 69.5 Å². The minimum absolute atomic E-state index is 0.103. The van der Waals surface area contributed by atoms with Gasteiger partial charge in [0.05, 0.1) is 5.41 Å². The second-order valence-electron chi connectivity index (χ2n) is 10.4. The van der Waals surface area contributed by atoms with Crippen LogP contribution in [0.3, 0.4) is 0 Å². The van der Waals surface area contributed by atoms with Gasteiger partial charge in [0.25, 0.3) is 11.8 Å². The highest BCUT2D eigenvalue weighted by atomic mass is 32.2. The fourth-order valence-corrected chi connectivity index (χ4v) is 7.51. The Morgan fingerprint density at radius 3 is 2.63 bits per heavy atom. The van der Waals surface area contributed by atoms with E-state index in [0.29, 0.717) is 29.8 Å². The van der Waals surface area contributed by atoms with Crippen molar-refractivity contribution < 1.29 is 38.2 Å². The maximum atomic E-state index is 13.4. The van der Waals surface area contributed by atoms with Crippen molar-refractivity contribution in [1.29, 1.82) is 0 Å². The van der Waals surface area contributed by atoms with Crippen LogP contribution in [0.15, 0.2) is 21.1 Å². The molecule has 224 valence electrons. The summed E-state index contributed by atoms with van der Waals surface area (Å²) < 4.78 is 15.8. The molecule has 16 heteroatoms. The summed E-state index contributed by atoms with van der Waals surface area (Å²) >= 11 is 4.07. The Bertz CT molecular complexity index is 1240. The van der Waals surface area contributed by atoms with Crippen LogP contribution in [0.4, 0.5) is 5.13 Å². The van der Waals surface area contributed by atoms with Crippen molar-refractivity contribution in [3.05, 3.63) is 21.7 Å². The number of aromatic nitrogens is 1. The molecule has 13 nitrogen and oxygen atoms in total. The van der Waals surface area contributed by atoms with Crippen molar-refractivity contribution in [2.24, 2.45) is 16.5 Å². The second-order valence-corrected chi connectivity index (χ2v) is 13.5. The summed E-state index contributed by atoms with van der Waals surface area (Å²) in [6, 6.07) is -0.922. The molecule has 2 amide bonds. The number of rotatable bonds is 10. The van der Waals surface area contributed by atoms with Crippen LogP contribution in [0.25, 0.3) is 0 Å². The smallest absolute Gasteiger partial charge is 0.358 e. The molecule has 41 heavy (non-hydrogen) atoms. The number of nitrogen functional groups attached to an aromatic ring is 1. The first kappa shape index (κ1) is 31.1. The molecule has 1 aromatic rings. The normalized spacial score (nSPS) is 21.6. The SMILES string of the molecule is CON=C(C(=O)NC1C(=O)N2C(C(=O)OCOC(=O)C(C)(C)C)=C(SCC3CCOCC3)CS[C@@H]12)c1csc(N)n1. The molecule has 0 radical (unpaired) electrons. The lowest BCUT2D eigenvalue weighted by Crippen LogP contribution is -2.71. The van der Waals surface area contributed by atoms with Crippen LogP contribution in [0.2, 0.25) is 0 Å². The number of esters is 2. The van der Waals surface area contributed by atoms with Crippen LogP contribution >= 0.6 is 34.9 Å². The number of anilines is 1. The van der Waals surface area contributed by atoms with Gasteiger partial charge in [-0.2, -0.15) is 0 Å². The van der Waals surface area contributed by atoms with Crippen molar-refractivity contribution in [1.82, 2.24) is 15.2 Å². The number of ether oxygens (including phenoxy) is 3. The monoisotopic (exact) mass is 627 g/mol. The van der Waals surface area contributed by atoms with E-state index in [9.17, 15) is 19.2 Å². The molecule has 4 rings (SSSR count). The second kappa shape index (κ2) is 13.4. The summed E-state index contributed by atoms with van der Waals surface area (Å²) in [6.45, 7) is 5.88. The van der Waals surface area contributed by atoms with E-state index < -0.39 is 47.4 Å². The third-order valence-corrected chi connectivity index (χ3v) is 9.86. The third kappa shape index (κ3) is 7.34. The fourth-order valence-electron chi connectivity index (χ4n) is 4.15. The molecule has 3 aliphatic heterocycles. The van der Waals surface area contributed by atoms with Gasteiger partial charge in [-0.25, -0.2) is 9.78 Å². The first-order valence-electron chi connectivity index (χ1n) is 12.9. The molecule has 1 aromatic heterocycles. The Kier molecular flexibility index (Phi) is 10.2. The highest BCUT2D eigenvalue weighted by Gasteiger charge is 2.55. The summed E-state index contributed by atoms with van der Waals surface area (Å²) in [7, 11) is 1.29. The molecule has 3 N–H and O–H groups in total. The van der Waals surface area contributed by atoms with Crippen molar-refractivity contribution in [2.45, 2.75) is 45.0 Å². The van der Waals surface area contributed by atoms with E-state index in [1.165, 1.54) is 35.5 Å². The summed E-state index contributed by atoms with van der Waals surface area (Å²) in [6.07, 6.45) is 1.84. The molecule has 0 aliphatic carbocycles. The lowest BCUT2D eigenvalue weighted by Gasteiger charge is -2.49. The van der Waals surface area contributed by atoms with E-state index in [0.717, 1.165) is 29.9 Å². The van der Waals surface area contributed by atoms with Gasteiger partial charge in [0.1, 0.15) is 29.9 Å². The Morgan fingerprint density at radius 1 is 1.27 bits per heavy atom. The molecule has 4 heterocycles. The number of β-lactam (4-membered cyclic amide) rings is 1. The first-order valence-corrected chi connectivity index (χ1v) is 15.8. The van der Waals surface area contributed by atoms with Gasteiger partial charge in [-0.1, -0.05) is 5.16 Å². The number of hydrogen-bond donors (Lipinski definition) is 2. The maximum absolute atomic E-state index is 13.4. The summed E-state index contributed by atoms with van der Waals surface area (Å²) in [5.74, 6) is -0.831. The molecule has 2 saturated heterocycles. The highest BCUT2D eigenvalue weighted by Crippen LogP contribution is 2.44. The van der Waals surface area contributed by atoms with Gasteiger partial charge in [0.15, 0.2) is 10.8 Å². The maximum Gasteiger partial charge on any atom is 0.358 e. The average Bonchev–Trinajstić information content (AvgIpc) is 3.38. The quantitative estimate of drug-likeness (QED) is 0.127. The summed E-state index contributed by atoms with van der Waals surface area (Å²) in [4.78, 5) is 62.8. The minimum Gasteiger partial charge on any atom is -0.427 e. The number of nitrogens with zero attached hydrogens (tertiary/aromatic N) is 3. The van der Waals surface area contributed by atoms with Crippen LogP contribution in [0.5, 0.6) is 0 Å². The molecule has 0 aromatic carbocycles. The number of nitrogens with one attached hydrogen (secondary N) is 1. The standard InChI is InChI=1S/C25H33N5O8S3/c1-25(2,3)23(34)38-12-37-22(33)18-15(39-9-13-5-7-36-8-6-13)11-40-21-17(20(32)30(18)21)28-19(31)16(29-35-4)14-10-41-24(26)27-14/h10,13,17,21H,5-9,11-12H2,1-4H3,(H2,26,27)(H,28,31)/t17?,21-/m0/s1. The Labute approximate surface area is 249 Å². The fraction of sp³-hybridized carbons (Fsp3) is 0.600. The van der Waals surface area contributed by atoms with Gasteiger partial charge in [0, 0.05) is 35.0 Å². The molecule has 0 bridgehead atoms. The minimum atomic E-state index is -0.922. The third-order valence-electron chi connectivity index (χ3n) is 6.40. The number of nitrogens with two attached hydrogens (primary N) is 1. The molecule has 2 atom stereocenters. The summed E-state index contributed by atoms with van der Waals surface area (Å²) in [5.41, 5.74) is 5.12. The number of hydrogen-bond acceptors (Lipinski definition) is 14. The van der Waals surface area contributed by atoms with E-state index in [-0.39, 0.29) is 22.2 Å². The molecule has 2 fully saturated rings. The molecule has 1 unspecified atom stereocenters. The van der Waals surface area contributed by atoms with Crippen LogP contribution < -0.4 is 11.1 Å². The Morgan fingerprint density at radius 2 is 2.00 bits per heavy atom. The van der Waals surface area contributed by atoms with Crippen LogP contribution in [0, 0.1) is 11.3 Å². The molecular formula is C25H33N5O8S3. The van der Waals surface area contributed by atoms with Crippen LogP contribution in [-0.4, -0.2) is 89.4 Å². The topological polar surface area (TPSA) is 172 Å². The lowest BCUT2D eigenvalue weighted by molar-refractivity contribution is -0.173. The number of carbonyl (C=O) groups is 4. The van der Waals surface area contributed by atoms with E-state index in [4.69, 9.17) is 24.8 Å². The van der Waals surface area contributed by atoms with Gasteiger partial charge < -0.3 is 30.1 Å². The number of oxime groups is 1. The van der Waals surface area contributed by atoms with Crippen LogP contribution in [0.1, 0.15) is 39.3 Å². The number of thioether (sulfide) groups is 2. The van der Waals surface area contributed by atoms with E-state index >= 15 is 0 Å². The van der Waals surface area contributed by atoms with Crippen molar-refractivity contribution in [2.75, 3.05) is 44.4 Å². The first-order chi connectivity index (χ1) is 19.5. The van der Waals surface area contributed by atoms with Gasteiger partial charge in [-0.15, -0.1) is 34.9 Å². The van der Waals surface area contributed by atoms with Gasteiger partial charge in [0.2, 0.25) is 6.79 Å². The zero-order valence-corrected chi connectivity index (χ0v) is 25.6. The zero-order chi connectivity index (χ0) is 29.7. The van der Waals surface area contributed by atoms with E-state index in [1.807, 2.05) is 0 Å². The summed E-state index contributed by atoms with van der Waals surface area (Å²) in [5, 5.41) is 7.70. The predicted molar refractivity (Wildman–Crippen MR) is 155 cm³/mol. The van der Waals surface area contributed by atoms with Crippen LogP contribution in [-0.2, 0) is 38.2 Å². The van der Waals surface area contributed by atoms with Crippen molar-refractivity contribution in [3.63, 3.8) is 0 Å². The predicted octanol–water partition coefficient (Wildman–Crippen LogP) is 1.94. The number of thiazole rings is 1. The van der Waals surface area contributed by atoms with Crippen molar-refractivity contribution in [3.8, 4) is 0 Å². The molecule has 0 spiro atoms. The number of carbonyl (C=O) groups excluding carboxylic acids is 4. The molecular weight excluding hydrogens is 595 g/mol. The Hall–Kier alpha value is -2.82. The van der Waals surface area contributed by atoms with Gasteiger partial charge in [-0.3, -0.25) is 19.3 Å². The van der Waals surface area contributed by atoms with E-state index in [2.05, 4.69) is 15.5 Å². The number of fused-ring (bicyclic) bond motifs is 1. The highest BCUT2D eigenvalue weighted by molar-refractivity contribution is 8.06. The average molecular weight is 628 g/mol. The largest absolute Gasteiger partial charge is 0.427 e. The lowest BCUT2D eigenvalue weighted by atomic mass is 9.98. The molecule has 3 aliphatic rings. The van der Waals surface area contributed by atoms with E-state index in [1.54, 1.807) is 26.2 Å².